The number of imide groups is 1. The summed E-state index contributed by atoms with van der Waals surface area (Å²) in [5, 5.41) is 14.3. The molecule has 8 nitrogen and oxygen atoms in total. The van der Waals surface area contributed by atoms with Crippen molar-refractivity contribution in [3.63, 3.8) is 0 Å². The first-order valence-electron chi connectivity index (χ1n) is 10.7. The number of aromatic nitrogens is 3. The smallest absolute Gasteiger partial charge is 0.321 e. The zero-order chi connectivity index (χ0) is 23.9. The molecule has 2 rings (SSSR count). The van der Waals surface area contributed by atoms with E-state index in [1.165, 1.54) is 11.8 Å². The first-order valence-corrected chi connectivity index (χ1v) is 11.9. The highest BCUT2D eigenvalue weighted by Gasteiger charge is 2.25. The topological polar surface area (TPSA) is 98.1 Å². The fourth-order valence-corrected chi connectivity index (χ4v) is 4.14. The predicted molar refractivity (Wildman–Crippen MR) is 127 cm³/mol. The van der Waals surface area contributed by atoms with Crippen LogP contribution in [-0.4, -0.2) is 37.5 Å². The van der Waals surface area contributed by atoms with E-state index in [0.29, 0.717) is 21.8 Å². The van der Waals surface area contributed by atoms with Crippen molar-refractivity contribution >= 4 is 35.3 Å². The first-order chi connectivity index (χ1) is 15.1. The summed E-state index contributed by atoms with van der Waals surface area (Å²) < 4.78 is 7.89. The molecule has 0 saturated carbocycles. The van der Waals surface area contributed by atoms with Gasteiger partial charge in [0.15, 0.2) is 11.0 Å². The Morgan fingerprint density at radius 2 is 1.84 bits per heavy atom. The van der Waals surface area contributed by atoms with Crippen molar-refractivity contribution in [2.45, 2.75) is 83.0 Å². The van der Waals surface area contributed by atoms with Crippen LogP contribution in [0.5, 0.6) is 5.75 Å². The van der Waals surface area contributed by atoms with Gasteiger partial charge in [0.05, 0.1) is 10.3 Å². The van der Waals surface area contributed by atoms with Gasteiger partial charge in [-0.05, 0) is 52.7 Å². The summed E-state index contributed by atoms with van der Waals surface area (Å²) in [5.74, 6) is 0.823. The van der Waals surface area contributed by atoms with Crippen LogP contribution in [0, 0.1) is 0 Å². The van der Waals surface area contributed by atoms with Crippen molar-refractivity contribution in [2.75, 3.05) is 0 Å². The summed E-state index contributed by atoms with van der Waals surface area (Å²) in [6.07, 6.45) is 1.74. The molecule has 0 spiro atoms. The van der Waals surface area contributed by atoms with Gasteiger partial charge in [-0.25, -0.2) is 4.79 Å². The highest BCUT2D eigenvalue weighted by molar-refractivity contribution is 8.00. The third kappa shape index (κ3) is 7.41. The van der Waals surface area contributed by atoms with Gasteiger partial charge in [-0.1, -0.05) is 49.3 Å². The van der Waals surface area contributed by atoms with E-state index in [4.69, 9.17) is 16.3 Å². The molecule has 10 heteroatoms. The lowest BCUT2D eigenvalue weighted by Crippen LogP contribution is -2.49. The molecular formula is C22H32ClN5O3S. The molecule has 1 atom stereocenters. The minimum atomic E-state index is -0.546. The molecule has 176 valence electrons. The minimum absolute atomic E-state index is 0.150. The van der Waals surface area contributed by atoms with E-state index in [1.807, 2.05) is 37.5 Å². The third-order valence-electron chi connectivity index (χ3n) is 4.61. The van der Waals surface area contributed by atoms with Gasteiger partial charge in [-0.15, -0.1) is 10.2 Å². The molecule has 0 fully saturated rings. The van der Waals surface area contributed by atoms with E-state index >= 15 is 0 Å². The van der Waals surface area contributed by atoms with Crippen LogP contribution in [0.1, 0.15) is 66.3 Å². The fraction of sp³-hybridized carbons (Fsp3) is 0.545. The van der Waals surface area contributed by atoms with Crippen molar-refractivity contribution in [3.8, 4) is 5.75 Å². The Morgan fingerprint density at radius 3 is 2.44 bits per heavy atom. The number of nitrogens with zero attached hydrogens (tertiary/aromatic N) is 3. The van der Waals surface area contributed by atoms with Gasteiger partial charge in [0.1, 0.15) is 12.4 Å². The van der Waals surface area contributed by atoms with Crippen LogP contribution in [0.4, 0.5) is 4.79 Å². The van der Waals surface area contributed by atoms with E-state index in [1.54, 1.807) is 19.1 Å². The second-order valence-corrected chi connectivity index (χ2v) is 10.1. The normalized spacial score (nSPS) is 12.5. The lowest BCUT2D eigenvalue weighted by Gasteiger charge is -2.22. The van der Waals surface area contributed by atoms with Crippen LogP contribution < -0.4 is 15.4 Å². The van der Waals surface area contributed by atoms with Crippen molar-refractivity contribution in [3.05, 3.63) is 35.1 Å². The average Bonchev–Trinajstić information content (AvgIpc) is 3.09. The maximum atomic E-state index is 12.5. The molecule has 1 heterocycles. The maximum Gasteiger partial charge on any atom is 0.321 e. The number of nitrogens with one attached hydrogen (secondary N) is 2. The number of carbonyl (C=O) groups excluding carboxylic acids is 2. The van der Waals surface area contributed by atoms with Gasteiger partial charge in [-0.2, -0.15) is 0 Å². The number of benzene rings is 1. The number of halogens is 1. The van der Waals surface area contributed by atoms with E-state index in [0.717, 1.165) is 12.8 Å². The van der Waals surface area contributed by atoms with Crippen LogP contribution in [0.25, 0.3) is 0 Å². The Hall–Kier alpha value is -2.26. The zero-order valence-electron chi connectivity index (χ0n) is 19.4. The van der Waals surface area contributed by atoms with Crippen molar-refractivity contribution in [1.82, 2.24) is 25.4 Å². The second kappa shape index (κ2) is 11.6. The standard InChI is InChI=1S/C22H32ClN5O3S/c1-7-15(8-2)28-18(13-31-17-12-10-9-11-16(17)23)26-27-21(28)32-14(3)19(29)24-20(30)25-22(4,5)6/h9-12,14-15H,7-8,13H2,1-6H3,(H2,24,25,29,30). The molecule has 32 heavy (non-hydrogen) atoms. The summed E-state index contributed by atoms with van der Waals surface area (Å²) in [7, 11) is 0. The predicted octanol–water partition coefficient (Wildman–Crippen LogP) is 4.98. The zero-order valence-corrected chi connectivity index (χ0v) is 21.0. The molecule has 1 aromatic heterocycles. The summed E-state index contributed by atoms with van der Waals surface area (Å²) in [6.45, 7) is 11.7. The van der Waals surface area contributed by atoms with E-state index in [-0.39, 0.29) is 12.6 Å². The van der Waals surface area contributed by atoms with Gasteiger partial charge < -0.3 is 14.6 Å². The number of ether oxygens (including phenoxy) is 1. The van der Waals surface area contributed by atoms with Crippen LogP contribution in [0.15, 0.2) is 29.4 Å². The molecule has 2 N–H and O–H groups in total. The highest BCUT2D eigenvalue weighted by Crippen LogP contribution is 2.30. The lowest BCUT2D eigenvalue weighted by molar-refractivity contribution is -0.119. The Kier molecular flexibility index (Phi) is 9.39. The Bertz CT molecular complexity index is 925. The van der Waals surface area contributed by atoms with Crippen LogP contribution >= 0.6 is 23.4 Å². The van der Waals surface area contributed by atoms with Gasteiger partial charge in [-0.3, -0.25) is 10.1 Å². The van der Waals surface area contributed by atoms with Gasteiger partial charge in [0.2, 0.25) is 5.91 Å². The van der Waals surface area contributed by atoms with Crippen molar-refractivity contribution in [1.29, 1.82) is 0 Å². The lowest BCUT2D eigenvalue weighted by atomic mass is 10.1. The SMILES string of the molecule is CCC(CC)n1c(COc2ccccc2Cl)nnc1SC(C)C(=O)NC(=O)NC(C)(C)C. The van der Waals surface area contributed by atoms with E-state index in [9.17, 15) is 9.59 Å². The molecule has 1 aromatic carbocycles. The molecule has 0 aliphatic heterocycles. The number of hydrogen-bond acceptors (Lipinski definition) is 6. The molecule has 1 unspecified atom stereocenters. The second-order valence-electron chi connectivity index (χ2n) is 8.41. The van der Waals surface area contributed by atoms with Crippen molar-refractivity contribution in [2.24, 2.45) is 0 Å². The average molecular weight is 482 g/mol. The number of amides is 3. The van der Waals surface area contributed by atoms with Crippen molar-refractivity contribution < 1.29 is 14.3 Å². The Balaban J connectivity index is 2.15. The van der Waals surface area contributed by atoms with Gasteiger partial charge in [0, 0.05) is 11.6 Å². The van der Waals surface area contributed by atoms with Gasteiger partial charge >= 0.3 is 6.03 Å². The van der Waals surface area contributed by atoms with Crippen LogP contribution in [0.3, 0.4) is 0 Å². The highest BCUT2D eigenvalue weighted by atomic mass is 35.5. The monoisotopic (exact) mass is 481 g/mol. The Morgan fingerprint density at radius 1 is 1.19 bits per heavy atom. The maximum absolute atomic E-state index is 12.5. The van der Waals surface area contributed by atoms with Gasteiger partial charge in [0.25, 0.3) is 0 Å². The quantitative estimate of drug-likeness (QED) is 0.490. The van der Waals surface area contributed by atoms with E-state index < -0.39 is 22.7 Å². The number of urea groups is 1. The molecule has 2 aromatic rings. The summed E-state index contributed by atoms with van der Waals surface area (Å²) in [5.41, 5.74) is -0.438. The summed E-state index contributed by atoms with van der Waals surface area (Å²) in [6, 6.07) is 6.88. The minimum Gasteiger partial charge on any atom is -0.484 e. The molecule has 0 aliphatic rings. The number of para-hydroxylation sites is 1. The van der Waals surface area contributed by atoms with Crippen LogP contribution in [-0.2, 0) is 11.4 Å². The number of carbonyl (C=O) groups is 2. The largest absolute Gasteiger partial charge is 0.484 e. The van der Waals surface area contributed by atoms with Crippen LogP contribution in [0.2, 0.25) is 5.02 Å². The molecule has 3 amide bonds. The Labute approximate surface area is 198 Å². The fourth-order valence-electron chi connectivity index (χ4n) is 3.01. The molecular weight excluding hydrogens is 450 g/mol. The summed E-state index contributed by atoms with van der Waals surface area (Å²) in [4.78, 5) is 24.6. The number of thioether (sulfide) groups is 1. The molecule has 0 radical (unpaired) electrons. The first kappa shape index (κ1) is 26.0. The molecule has 0 saturated heterocycles. The number of hydrogen-bond donors (Lipinski definition) is 2. The third-order valence-corrected chi connectivity index (χ3v) is 5.98. The number of rotatable bonds is 9. The summed E-state index contributed by atoms with van der Waals surface area (Å²) >= 11 is 7.45. The molecule has 0 aliphatic carbocycles. The van der Waals surface area contributed by atoms with E-state index in [2.05, 4.69) is 34.7 Å². The molecule has 0 bridgehead atoms.